The van der Waals surface area contributed by atoms with E-state index in [1.165, 1.54) is 5.56 Å². The van der Waals surface area contributed by atoms with E-state index in [1.54, 1.807) is 4.68 Å². The zero-order valence-corrected chi connectivity index (χ0v) is 11.5. The fourth-order valence-corrected chi connectivity index (χ4v) is 1.94. The number of aliphatic hydroxyl groups is 1. The van der Waals surface area contributed by atoms with Gasteiger partial charge in [-0.05, 0) is 13.8 Å². The summed E-state index contributed by atoms with van der Waals surface area (Å²) < 4.78 is 3.50. The van der Waals surface area contributed by atoms with Crippen LogP contribution in [-0.4, -0.2) is 36.5 Å². The first kappa shape index (κ1) is 13.7. The van der Waals surface area contributed by atoms with E-state index in [4.69, 9.17) is 5.11 Å². The molecule has 0 bridgehead atoms. The maximum atomic E-state index is 8.82. The van der Waals surface area contributed by atoms with Crippen molar-refractivity contribution in [2.45, 2.75) is 33.0 Å². The molecule has 0 amide bonds. The third kappa shape index (κ3) is 3.18. The highest BCUT2D eigenvalue weighted by Crippen LogP contribution is 2.16. The smallest absolute Gasteiger partial charge is 0.0965 e. The number of aromatic nitrogens is 5. The molecule has 2 aromatic heterocycles. The summed E-state index contributed by atoms with van der Waals surface area (Å²) in [6, 6.07) is 0.205. The number of nitrogens with one attached hydrogen (secondary N) is 1. The topological polar surface area (TPSA) is 80.8 Å². The predicted molar refractivity (Wildman–Crippen MR) is 70.3 cm³/mol. The molecule has 104 valence electrons. The van der Waals surface area contributed by atoms with Crippen molar-refractivity contribution >= 4 is 0 Å². The van der Waals surface area contributed by atoms with Crippen molar-refractivity contribution in [1.82, 2.24) is 30.1 Å². The molecule has 1 unspecified atom stereocenters. The van der Waals surface area contributed by atoms with Gasteiger partial charge in [-0.25, -0.2) is 4.68 Å². The molecule has 2 N–H and O–H groups in total. The summed E-state index contributed by atoms with van der Waals surface area (Å²) in [7, 11) is 1.94. The van der Waals surface area contributed by atoms with Gasteiger partial charge in [-0.2, -0.15) is 5.10 Å². The highest BCUT2D eigenvalue weighted by molar-refractivity contribution is 5.19. The third-order valence-corrected chi connectivity index (χ3v) is 3.24. The molecule has 0 aliphatic heterocycles. The van der Waals surface area contributed by atoms with Crippen LogP contribution >= 0.6 is 0 Å². The van der Waals surface area contributed by atoms with Gasteiger partial charge in [-0.15, -0.1) is 5.10 Å². The Labute approximate surface area is 112 Å². The van der Waals surface area contributed by atoms with E-state index in [1.807, 2.05) is 24.1 Å². The average molecular weight is 264 g/mol. The molecule has 0 radical (unpaired) electrons. The van der Waals surface area contributed by atoms with Crippen LogP contribution in [0, 0.1) is 6.92 Å². The quantitative estimate of drug-likeness (QED) is 0.777. The lowest BCUT2D eigenvalue weighted by Gasteiger charge is -2.12. The van der Waals surface area contributed by atoms with E-state index >= 15 is 0 Å². The monoisotopic (exact) mass is 264 g/mol. The molecule has 7 heteroatoms. The van der Waals surface area contributed by atoms with Crippen LogP contribution in [0.3, 0.4) is 0 Å². The molecular weight excluding hydrogens is 244 g/mol. The lowest BCUT2D eigenvalue weighted by molar-refractivity contribution is 0.268. The molecule has 0 aliphatic carbocycles. The normalized spacial score (nSPS) is 12.8. The van der Waals surface area contributed by atoms with Crippen LogP contribution in [0.2, 0.25) is 0 Å². The average Bonchev–Trinajstić information content (AvgIpc) is 2.96. The minimum absolute atomic E-state index is 0.0709. The van der Waals surface area contributed by atoms with Crippen LogP contribution in [-0.2, 0) is 20.1 Å². The van der Waals surface area contributed by atoms with Crippen molar-refractivity contribution in [2.24, 2.45) is 7.05 Å². The first-order valence-electron chi connectivity index (χ1n) is 6.33. The van der Waals surface area contributed by atoms with Gasteiger partial charge in [0.15, 0.2) is 0 Å². The van der Waals surface area contributed by atoms with Crippen LogP contribution < -0.4 is 5.32 Å². The van der Waals surface area contributed by atoms with Gasteiger partial charge in [0.05, 0.1) is 25.0 Å². The van der Waals surface area contributed by atoms with Gasteiger partial charge in [0.2, 0.25) is 0 Å². The van der Waals surface area contributed by atoms with Crippen molar-refractivity contribution in [1.29, 1.82) is 0 Å². The zero-order chi connectivity index (χ0) is 13.8. The van der Waals surface area contributed by atoms with Gasteiger partial charge in [-0.1, -0.05) is 5.21 Å². The summed E-state index contributed by atoms with van der Waals surface area (Å²) in [6.45, 7) is 5.34. The summed E-state index contributed by atoms with van der Waals surface area (Å²) in [5.41, 5.74) is 3.20. The molecule has 2 rings (SSSR count). The predicted octanol–water partition coefficient (Wildman–Crippen LogP) is 0.163. The Hall–Kier alpha value is -1.73. The summed E-state index contributed by atoms with van der Waals surface area (Å²) in [4.78, 5) is 0. The van der Waals surface area contributed by atoms with E-state index < -0.39 is 0 Å². The lowest BCUT2D eigenvalue weighted by atomic mass is 10.1. The Morgan fingerprint density at radius 1 is 1.47 bits per heavy atom. The molecule has 0 saturated carbocycles. The van der Waals surface area contributed by atoms with Crippen LogP contribution in [0.4, 0.5) is 0 Å². The molecule has 0 spiro atoms. The minimum Gasteiger partial charge on any atom is -0.394 e. The fraction of sp³-hybridized carbons (Fsp3) is 0.583. The van der Waals surface area contributed by atoms with E-state index in [9.17, 15) is 0 Å². The zero-order valence-electron chi connectivity index (χ0n) is 11.5. The van der Waals surface area contributed by atoms with Crippen molar-refractivity contribution in [3.8, 4) is 0 Å². The fourth-order valence-electron chi connectivity index (χ4n) is 1.94. The Morgan fingerprint density at radius 2 is 2.26 bits per heavy atom. The molecule has 0 saturated heterocycles. The highest BCUT2D eigenvalue weighted by Gasteiger charge is 2.12. The van der Waals surface area contributed by atoms with Crippen molar-refractivity contribution < 1.29 is 5.11 Å². The maximum absolute atomic E-state index is 8.82. The van der Waals surface area contributed by atoms with Crippen molar-refractivity contribution in [3.63, 3.8) is 0 Å². The SMILES string of the molecule is Cc1c(C(C)NCc2cn(CCO)nn2)cnn1C. The molecule has 2 aromatic rings. The minimum atomic E-state index is 0.0709. The standard InChI is InChI=1S/C12H20N6O/c1-9(12-7-14-17(3)10(12)2)13-6-11-8-18(4-5-19)16-15-11/h7-9,13,19H,4-6H2,1-3H3. The maximum Gasteiger partial charge on any atom is 0.0965 e. The van der Waals surface area contributed by atoms with E-state index in [0.717, 1.165) is 11.4 Å². The largest absolute Gasteiger partial charge is 0.394 e. The molecule has 1 atom stereocenters. The second-order valence-electron chi connectivity index (χ2n) is 4.61. The summed E-state index contributed by atoms with van der Waals surface area (Å²) in [5, 5.41) is 24.4. The molecule has 19 heavy (non-hydrogen) atoms. The number of aliphatic hydroxyl groups excluding tert-OH is 1. The van der Waals surface area contributed by atoms with Gasteiger partial charge >= 0.3 is 0 Å². The van der Waals surface area contributed by atoms with E-state index in [0.29, 0.717) is 13.1 Å². The van der Waals surface area contributed by atoms with E-state index in [-0.39, 0.29) is 12.6 Å². The summed E-state index contributed by atoms with van der Waals surface area (Å²) >= 11 is 0. The number of rotatable bonds is 6. The summed E-state index contributed by atoms with van der Waals surface area (Å²) in [5.74, 6) is 0. The Bertz CT molecular complexity index is 532. The number of nitrogens with zero attached hydrogens (tertiary/aromatic N) is 5. The Balaban J connectivity index is 1.92. The highest BCUT2D eigenvalue weighted by atomic mass is 16.3. The lowest BCUT2D eigenvalue weighted by Crippen LogP contribution is -2.18. The second kappa shape index (κ2) is 5.94. The van der Waals surface area contributed by atoms with Gasteiger partial charge in [0, 0.05) is 37.1 Å². The van der Waals surface area contributed by atoms with Crippen molar-refractivity contribution in [2.75, 3.05) is 6.61 Å². The third-order valence-electron chi connectivity index (χ3n) is 3.24. The molecule has 0 aromatic carbocycles. The van der Waals surface area contributed by atoms with Gasteiger partial charge in [0.25, 0.3) is 0 Å². The van der Waals surface area contributed by atoms with Gasteiger partial charge in [-0.3, -0.25) is 4.68 Å². The second-order valence-corrected chi connectivity index (χ2v) is 4.61. The van der Waals surface area contributed by atoms with E-state index in [2.05, 4.69) is 34.6 Å². The molecule has 7 nitrogen and oxygen atoms in total. The Kier molecular flexibility index (Phi) is 4.28. The van der Waals surface area contributed by atoms with Crippen LogP contribution in [0.15, 0.2) is 12.4 Å². The van der Waals surface area contributed by atoms with Crippen LogP contribution in [0.25, 0.3) is 0 Å². The molecular formula is C12H20N6O. The van der Waals surface area contributed by atoms with Crippen LogP contribution in [0.5, 0.6) is 0 Å². The number of hydrogen-bond donors (Lipinski definition) is 2. The van der Waals surface area contributed by atoms with Crippen LogP contribution in [0.1, 0.15) is 29.9 Å². The number of aryl methyl sites for hydroxylation is 1. The first-order valence-corrected chi connectivity index (χ1v) is 6.33. The molecule has 0 aliphatic rings. The van der Waals surface area contributed by atoms with Crippen molar-refractivity contribution in [3.05, 3.63) is 29.3 Å². The van der Waals surface area contributed by atoms with Gasteiger partial charge < -0.3 is 10.4 Å². The van der Waals surface area contributed by atoms with Gasteiger partial charge in [0.1, 0.15) is 0 Å². The molecule has 0 fully saturated rings. The Morgan fingerprint density at radius 3 is 2.89 bits per heavy atom. The summed E-state index contributed by atoms with van der Waals surface area (Å²) in [6.07, 6.45) is 3.72. The number of hydrogen-bond acceptors (Lipinski definition) is 5. The first-order chi connectivity index (χ1) is 9.11. The molecule has 2 heterocycles.